The molecule has 0 saturated carbocycles. The summed E-state index contributed by atoms with van der Waals surface area (Å²) in [5.41, 5.74) is 9.42. The lowest BCUT2D eigenvalue weighted by molar-refractivity contribution is 0.890. The maximum absolute atomic E-state index is 5.91. The fourth-order valence-electron chi connectivity index (χ4n) is 2.70. The van der Waals surface area contributed by atoms with Crippen molar-refractivity contribution in [1.82, 2.24) is 24.9 Å². The molecule has 0 bridgehead atoms. The molecule has 0 aliphatic rings. The Labute approximate surface area is 166 Å². The summed E-state index contributed by atoms with van der Waals surface area (Å²) in [5.74, 6) is 1.19. The SMILES string of the molecule is Cc1nc2ccccc2nc1SC(C)c1nc(N)nc(Nc2ccccc2)n1. The minimum Gasteiger partial charge on any atom is -0.368 e. The summed E-state index contributed by atoms with van der Waals surface area (Å²) in [7, 11) is 0. The maximum Gasteiger partial charge on any atom is 0.232 e. The largest absolute Gasteiger partial charge is 0.368 e. The van der Waals surface area contributed by atoms with Crippen LogP contribution < -0.4 is 11.1 Å². The Kier molecular flexibility index (Phi) is 5.03. The fourth-order valence-corrected chi connectivity index (χ4v) is 3.61. The first-order chi connectivity index (χ1) is 13.6. The number of hydrogen-bond donors (Lipinski definition) is 2. The molecule has 0 spiro atoms. The topological polar surface area (TPSA) is 102 Å². The van der Waals surface area contributed by atoms with E-state index in [1.807, 2.05) is 68.4 Å². The van der Waals surface area contributed by atoms with Crippen molar-refractivity contribution in [3.63, 3.8) is 0 Å². The van der Waals surface area contributed by atoms with Gasteiger partial charge in [0, 0.05) is 5.69 Å². The number of rotatable bonds is 5. The van der Waals surface area contributed by atoms with E-state index < -0.39 is 0 Å². The molecule has 4 rings (SSSR count). The minimum atomic E-state index is -0.0733. The first-order valence-corrected chi connectivity index (χ1v) is 9.70. The Balaban J connectivity index is 1.59. The second-order valence-electron chi connectivity index (χ2n) is 6.23. The molecule has 28 heavy (non-hydrogen) atoms. The third kappa shape index (κ3) is 4.01. The molecule has 0 saturated heterocycles. The second-order valence-corrected chi connectivity index (χ2v) is 7.56. The molecule has 2 heterocycles. The van der Waals surface area contributed by atoms with Gasteiger partial charge in [-0.15, -0.1) is 0 Å². The number of nitrogens with one attached hydrogen (secondary N) is 1. The third-order valence-corrected chi connectivity index (χ3v) is 5.23. The monoisotopic (exact) mass is 389 g/mol. The van der Waals surface area contributed by atoms with Gasteiger partial charge in [-0.05, 0) is 38.1 Å². The summed E-state index contributed by atoms with van der Waals surface area (Å²) in [6.07, 6.45) is 0. The number of hydrogen-bond acceptors (Lipinski definition) is 8. The van der Waals surface area contributed by atoms with Crippen molar-refractivity contribution in [3.8, 4) is 0 Å². The van der Waals surface area contributed by atoms with E-state index in [1.165, 1.54) is 0 Å². The van der Waals surface area contributed by atoms with Crippen LogP contribution in [0.1, 0.15) is 23.7 Å². The molecule has 0 amide bonds. The summed E-state index contributed by atoms with van der Waals surface area (Å²) in [4.78, 5) is 22.4. The number of nitrogens with zero attached hydrogens (tertiary/aromatic N) is 5. The van der Waals surface area contributed by atoms with Gasteiger partial charge < -0.3 is 11.1 Å². The maximum atomic E-state index is 5.91. The number of aryl methyl sites for hydroxylation is 1. The van der Waals surface area contributed by atoms with Gasteiger partial charge in [0.15, 0.2) is 0 Å². The van der Waals surface area contributed by atoms with Crippen LogP contribution in [0.5, 0.6) is 0 Å². The zero-order chi connectivity index (χ0) is 19.5. The molecule has 1 unspecified atom stereocenters. The standard InChI is InChI=1S/C20H19N7S/c1-12-18(24-16-11-7-6-10-15(16)22-12)28-13(2)17-25-19(21)27-20(26-17)23-14-8-4-3-5-9-14/h3-11,13H,1-2H3,(H3,21,23,25,26,27). The fraction of sp³-hybridized carbons (Fsp3) is 0.150. The van der Waals surface area contributed by atoms with Crippen molar-refractivity contribution >= 4 is 40.4 Å². The van der Waals surface area contributed by atoms with Gasteiger partial charge in [-0.25, -0.2) is 9.97 Å². The molecule has 7 nitrogen and oxygen atoms in total. The van der Waals surface area contributed by atoms with E-state index in [0.29, 0.717) is 11.8 Å². The van der Waals surface area contributed by atoms with Crippen molar-refractivity contribution in [2.45, 2.75) is 24.1 Å². The third-order valence-electron chi connectivity index (χ3n) is 4.05. The number of thioether (sulfide) groups is 1. The van der Waals surface area contributed by atoms with Crippen LogP contribution in [0.25, 0.3) is 11.0 Å². The van der Waals surface area contributed by atoms with Crippen LogP contribution in [-0.2, 0) is 0 Å². The van der Waals surface area contributed by atoms with Gasteiger partial charge >= 0.3 is 0 Å². The Morgan fingerprint density at radius 3 is 2.29 bits per heavy atom. The van der Waals surface area contributed by atoms with Crippen molar-refractivity contribution in [3.05, 3.63) is 66.1 Å². The predicted octanol–water partition coefficient (Wildman–Crippen LogP) is 4.30. The number of nitrogens with two attached hydrogens (primary N) is 1. The van der Waals surface area contributed by atoms with E-state index in [-0.39, 0.29) is 11.2 Å². The van der Waals surface area contributed by atoms with Gasteiger partial charge in [0.1, 0.15) is 10.9 Å². The number of benzene rings is 2. The van der Waals surface area contributed by atoms with E-state index in [0.717, 1.165) is 27.4 Å². The first-order valence-electron chi connectivity index (χ1n) is 8.82. The average Bonchev–Trinajstić information content (AvgIpc) is 2.69. The predicted molar refractivity (Wildman–Crippen MR) is 113 cm³/mol. The molecule has 2 aromatic heterocycles. The molecule has 2 aromatic carbocycles. The number of para-hydroxylation sites is 3. The van der Waals surface area contributed by atoms with E-state index in [2.05, 4.69) is 25.3 Å². The first kappa shape index (κ1) is 18.1. The lowest BCUT2D eigenvalue weighted by atomic mass is 10.3. The summed E-state index contributed by atoms with van der Waals surface area (Å²) in [6, 6.07) is 17.5. The molecule has 3 N–H and O–H groups in total. The summed E-state index contributed by atoms with van der Waals surface area (Å²) >= 11 is 1.55. The highest BCUT2D eigenvalue weighted by Gasteiger charge is 2.17. The van der Waals surface area contributed by atoms with Crippen molar-refractivity contribution in [2.24, 2.45) is 0 Å². The highest BCUT2D eigenvalue weighted by Crippen LogP contribution is 2.34. The molecular weight excluding hydrogens is 370 g/mol. The van der Waals surface area contributed by atoms with Gasteiger partial charge in [0.2, 0.25) is 11.9 Å². The van der Waals surface area contributed by atoms with E-state index in [9.17, 15) is 0 Å². The average molecular weight is 389 g/mol. The molecule has 0 aliphatic heterocycles. The number of anilines is 3. The van der Waals surface area contributed by atoms with Crippen LogP contribution >= 0.6 is 11.8 Å². The van der Waals surface area contributed by atoms with Crippen LogP contribution in [0, 0.1) is 6.92 Å². The zero-order valence-corrected chi connectivity index (χ0v) is 16.3. The lowest BCUT2D eigenvalue weighted by Gasteiger charge is -2.13. The van der Waals surface area contributed by atoms with E-state index >= 15 is 0 Å². The quantitative estimate of drug-likeness (QED) is 0.487. The summed E-state index contributed by atoms with van der Waals surface area (Å²) < 4.78 is 0. The Bertz CT molecular complexity index is 1120. The Morgan fingerprint density at radius 1 is 0.857 bits per heavy atom. The van der Waals surface area contributed by atoms with Crippen LogP contribution in [0.2, 0.25) is 0 Å². The van der Waals surface area contributed by atoms with Crippen LogP contribution in [-0.4, -0.2) is 24.9 Å². The summed E-state index contributed by atoms with van der Waals surface area (Å²) in [5, 5.41) is 3.94. The number of aromatic nitrogens is 5. The smallest absolute Gasteiger partial charge is 0.232 e. The lowest BCUT2D eigenvalue weighted by Crippen LogP contribution is -2.08. The number of fused-ring (bicyclic) bond motifs is 1. The molecule has 140 valence electrons. The van der Waals surface area contributed by atoms with Gasteiger partial charge in [0.25, 0.3) is 0 Å². The Morgan fingerprint density at radius 2 is 1.54 bits per heavy atom. The van der Waals surface area contributed by atoms with Crippen molar-refractivity contribution in [2.75, 3.05) is 11.1 Å². The molecule has 4 aromatic rings. The van der Waals surface area contributed by atoms with Crippen LogP contribution in [0.4, 0.5) is 17.6 Å². The van der Waals surface area contributed by atoms with Gasteiger partial charge in [-0.2, -0.15) is 15.0 Å². The van der Waals surface area contributed by atoms with E-state index in [1.54, 1.807) is 11.8 Å². The van der Waals surface area contributed by atoms with E-state index in [4.69, 9.17) is 10.7 Å². The molecule has 8 heteroatoms. The van der Waals surface area contributed by atoms with Crippen molar-refractivity contribution in [1.29, 1.82) is 0 Å². The molecule has 0 aliphatic carbocycles. The minimum absolute atomic E-state index is 0.0733. The van der Waals surface area contributed by atoms with Crippen LogP contribution in [0.15, 0.2) is 59.6 Å². The zero-order valence-electron chi connectivity index (χ0n) is 15.5. The van der Waals surface area contributed by atoms with Gasteiger partial charge in [0.05, 0.1) is 22.0 Å². The van der Waals surface area contributed by atoms with Gasteiger partial charge in [-0.1, -0.05) is 42.1 Å². The molecule has 0 fully saturated rings. The molecule has 0 radical (unpaired) electrons. The second kappa shape index (κ2) is 7.77. The molecular formula is C20H19N7S. The number of nitrogen functional groups attached to an aromatic ring is 1. The highest BCUT2D eigenvalue weighted by atomic mass is 32.2. The molecule has 1 atom stereocenters. The summed E-state index contributed by atoms with van der Waals surface area (Å²) in [6.45, 7) is 3.97. The normalized spacial score (nSPS) is 12.1. The highest BCUT2D eigenvalue weighted by molar-refractivity contribution is 7.99. The Hall–Kier alpha value is -3.26. The van der Waals surface area contributed by atoms with Crippen molar-refractivity contribution < 1.29 is 0 Å². The van der Waals surface area contributed by atoms with Gasteiger partial charge in [-0.3, -0.25) is 0 Å². The van der Waals surface area contributed by atoms with Crippen LogP contribution in [0.3, 0.4) is 0 Å².